The maximum absolute atomic E-state index is 13.1. The van der Waals surface area contributed by atoms with Crippen LogP contribution in [0.4, 0.5) is 14.5 Å². The highest BCUT2D eigenvalue weighted by Crippen LogP contribution is 2.17. The molecular weight excluding hydrogens is 344 g/mol. The molecule has 0 fully saturated rings. The number of nitrogens with one attached hydrogen (secondary N) is 1. The fourth-order valence-electron chi connectivity index (χ4n) is 2.24. The number of hydrogen-bond donors (Lipinski definition) is 1. The smallest absolute Gasteiger partial charge is 0.279 e. The Labute approximate surface area is 146 Å². The van der Waals surface area contributed by atoms with Gasteiger partial charge in [0.05, 0.1) is 18.9 Å². The van der Waals surface area contributed by atoms with Crippen molar-refractivity contribution in [2.24, 2.45) is 0 Å². The van der Waals surface area contributed by atoms with E-state index in [9.17, 15) is 18.4 Å². The Morgan fingerprint density at radius 2 is 1.62 bits per heavy atom. The second-order valence-corrected chi connectivity index (χ2v) is 5.25. The molecule has 3 rings (SSSR count). The molecule has 0 aliphatic carbocycles. The minimum atomic E-state index is -0.649. The lowest BCUT2D eigenvalue weighted by Crippen LogP contribution is -2.26. The van der Waals surface area contributed by atoms with E-state index in [1.165, 1.54) is 55.6 Å². The van der Waals surface area contributed by atoms with Gasteiger partial charge in [-0.05, 0) is 48.5 Å². The van der Waals surface area contributed by atoms with E-state index in [0.717, 1.165) is 10.7 Å². The van der Waals surface area contributed by atoms with Crippen LogP contribution in [-0.2, 0) is 0 Å². The standard InChI is InChI=1S/C18H13F2N3O3/c1-26-15-10-16(24)23(14-8-4-12(20)5-9-14)22-17(15)18(25)21-13-6-2-11(19)3-7-13/h2-10H,1H3,(H,21,25). The van der Waals surface area contributed by atoms with Crippen molar-refractivity contribution in [1.82, 2.24) is 9.78 Å². The lowest BCUT2D eigenvalue weighted by atomic mass is 10.2. The zero-order valence-electron chi connectivity index (χ0n) is 13.6. The maximum Gasteiger partial charge on any atom is 0.279 e. The van der Waals surface area contributed by atoms with Crippen molar-refractivity contribution in [3.05, 3.63) is 82.3 Å². The Hall–Kier alpha value is -3.55. The van der Waals surface area contributed by atoms with E-state index in [1.54, 1.807) is 0 Å². The van der Waals surface area contributed by atoms with Crippen molar-refractivity contribution in [2.45, 2.75) is 0 Å². The van der Waals surface area contributed by atoms with Gasteiger partial charge < -0.3 is 10.1 Å². The van der Waals surface area contributed by atoms with Gasteiger partial charge in [-0.3, -0.25) is 9.59 Å². The molecule has 26 heavy (non-hydrogen) atoms. The number of ether oxygens (including phenoxy) is 1. The predicted molar refractivity (Wildman–Crippen MR) is 90.7 cm³/mol. The van der Waals surface area contributed by atoms with Crippen LogP contribution in [-0.4, -0.2) is 22.8 Å². The average molecular weight is 357 g/mol. The SMILES string of the molecule is COc1cc(=O)n(-c2ccc(F)cc2)nc1C(=O)Nc1ccc(F)cc1. The van der Waals surface area contributed by atoms with Gasteiger partial charge in [0, 0.05) is 5.69 Å². The van der Waals surface area contributed by atoms with Gasteiger partial charge in [-0.25, -0.2) is 8.78 Å². The monoisotopic (exact) mass is 357 g/mol. The molecule has 3 aromatic rings. The zero-order chi connectivity index (χ0) is 18.7. The first-order chi connectivity index (χ1) is 12.5. The number of rotatable bonds is 4. The first kappa shape index (κ1) is 17.3. The van der Waals surface area contributed by atoms with E-state index in [1.807, 2.05) is 0 Å². The largest absolute Gasteiger partial charge is 0.494 e. The van der Waals surface area contributed by atoms with E-state index < -0.39 is 23.1 Å². The Bertz CT molecular complexity index is 1000. The number of aromatic nitrogens is 2. The van der Waals surface area contributed by atoms with Crippen molar-refractivity contribution in [2.75, 3.05) is 12.4 Å². The van der Waals surface area contributed by atoms with Crippen molar-refractivity contribution in [1.29, 1.82) is 0 Å². The van der Waals surface area contributed by atoms with Gasteiger partial charge in [0.15, 0.2) is 11.4 Å². The molecule has 0 saturated carbocycles. The van der Waals surface area contributed by atoms with Crippen LogP contribution < -0.4 is 15.6 Å². The molecule has 0 bridgehead atoms. The summed E-state index contributed by atoms with van der Waals surface area (Å²) in [7, 11) is 1.30. The summed E-state index contributed by atoms with van der Waals surface area (Å²) >= 11 is 0. The topological polar surface area (TPSA) is 73.2 Å². The average Bonchev–Trinajstić information content (AvgIpc) is 2.64. The highest BCUT2D eigenvalue weighted by atomic mass is 19.1. The Kier molecular flexibility index (Phi) is 4.74. The third kappa shape index (κ3) is 3.59. The van der Waals surface area contributed by atoms with Crippen LogP contribution in [0.2, 0.25) is 0 Å². The summed E-state index contributed by atoms with van der Waals surface area (Å²) in [4.78, 5) is 24.7. The summed E-state index contributed by atoms with van der Waals surface area (Å²) < 4.78 is 32.1. The molecule has 1 amide bonds. The van der Waals surface area contributed by atoms with Gasteiger partial charge in [-0.2, -0.15) is 9.78 Å². The molecule has 0 spiro atoms. The minimum absolute atomic E-state index is 0.0204. The van der Waals surface area contributed by atoms with Crippen LogP contribution in [0.15, 0.2) is 59.4 Å². The highest BCUT2D eigenvalue weighted by Gasteiger charge is 2.18. The van der Waals surface area contributed by atoms with Gasteiger partial charge in [0.1, 0.15) is 11.6 Å². The van der Waals surface area contributed by atoms with Crippen molar-refractivity contribution in [3.63, 3.8) is 0 Å². The summed E-state index contributed by atoms with van der Waals surface area (Å²) in [5, 5.41) is 6.57. The molecule has 6 nitrogen and oxygen atoms in total. The zero-order valence-corrected chi connectivity index (χ0v) is 13.6. The lowest BCUT2D eigenvalue weighted by Gasteiger charge is -2.11. The summed E-state index contributed by atoms with van der Waals surface area (Å²) in [6, 6.07) is 11.3. The summed E-state index contributed by atoms with van der Waals surface area (Å²) in [5.74, 6) is -1.58. The summed E-state index contributed by atoms with van der Waals surface area (Å²) in [5.41, 5.74) is -0.0674. The first-order valence-electron chi connectivity index (χ1n) is 7.49. The molecule has 0 atom stereocenters. The molecule has 1 N–H and O–H groups in total. The number of anilines is 1. The molecule has 0 saturated heterocycles. The Morgan fingerprint density at radius 1 is 1.04 bits per heavy atom. The van der Waals surface area contributed by atoms with Gasteiger partial charge >= 0.3 is 0 Å². The number of amides is 1. The van der Waals surface area contributed by atoms with E-state index in [2.05, 4.69) is 10.4 Å². The molecule has 0 radical (unpaired) electrons. The fraction of sp³-hybridized carbons (Fsp3) is 0.0556. The first-order valence-corrected chi connectivity index (χ1v) is 7.49. The Morgan fingerprint density at radius 3 is 2.19 bits per heavy atom. The van der Waals surface area contributed by atoms with Crippen LogP contribution in [0.1, 0.15) is 10.5 Å². The molecule has 1 heterocycles. The number of methoxy groups -OCH3 is 1. The van der Waals surface area contributed by atoms with Gasteiger partial charge in [0.2, 0.25) is 0 Å². The molecule has 1 aromatic heterocycles. The second-order valence-electron chi connectivity index (χ2n) is 5.25. The normalized spacial score (nSPS) is 10.4. The van der Waals surface area contributed by atoms with Gasteiger partial charge in [-0.15, -0.1) is 0 Å². The van der Waals surface area contributed by atoms with Crippen LogP contribution in [0.5, 0.6) is 5.75 Å². The Balaban J connectivity index is 2.00. The number of benzene rings is 2. The molecule has 8 heteroatoms. The highest BCUT2D eigenvalue weighted by molar-refractivity contribution is 6.04. The minimum Gasteiger partial charge on any atom is -0.494 e. The van der Waals surface area contributed by atoms with Gasteiger partial charge in [-0.1, -0.05) is 0 Å². The van der Waals surface area contributed by atoms with Crippen LogP contribution in [0.3, 0.4) is 0 Å². The van der Waals surface area contributed by atoms with E-state index in [4.69, 9.17) is 4.74 Å². The number of hydrogen-bond acceptors (Lipinski definition) is 4. The molecule has 2 aromatic carbocycles. The fourth-order valence-corrected chi connectivity index (χ4v) is 2.24. The summed E-state index contributed by atoms with van der Waals surface area (Å²) in [6.07, 6.45) is 0. The summed E-state index contributed by atoms with van der Waals surface area (Å²) in [6.45, 7) is 0. The quantitative estimate of drug-likeness (QED) is 0.779. The molecule has 0 aliphatic heterocycles. The van der Waals surface area contributed by atoms with Crippen molar-refractivity contribution >= 4 is 11.6 Å². The van der Waals surface area contributed by atoms with Crippen LogP contribution >= 0.6 is 0 Å². The van der Waals surface area contributed by atoms with E-state index >= 15 is 0 Å². The molecular formula is C18H13F2N3O3. The molecule has 0 aliphatic rings. The molecule has 132 valence electrons. The maximum atomic E-state index is 13.1. The predicted octanol–water partition coefficient (Wildman–Crippen LogP) is 2.77. The van der Waals surface area contributed by atoms with Crippen molar-refractivity contribution < 1.29 is 18.3 Å². The van der Waals surface area contributed by atoms with Gasteiger partial charge in [0.25, 0.3) is 11.5 Å². The second kappa shape index (κ2) is 7.14. The van der Waals surface area contributed by atoms with Crippen LogP contribution in [0.25, 0.3) is 5.69 Å². The van der Waals surface area contributed by atoms with E-state index in [-0.39, 0.29) is 17.1 Å². The number of halogens is 2. The third-order valence-electron chi connectivity index (χ3n) is 3.50. The van der Waals surface area contributed by atoms with E-state index in [0.29, 0.717) is 5.69 Å². The number of nitrogens with zero attached hydrogens (tertiary/aromatic N) is 2. The number of carbonyl (C=O) groups is 1. The van der Waals surface area contributed by atoms with Crippen LogP contribution in [0, 0.1) is 11.6 Å². The van der Waals surface area contributed by atoms with Crippen molar-refractivity contribution in [3.8, 4) is 11.4 Å². The number of carbonyl (C=O) groups excluding carboxylic acids is 1. The molecule has 0 unspecified atom stereocenters. The lowest BCUT2D eigenvalue weighted by molar-refractivity contribution is 0.101. The third-order valence-corrected chi connectivity index (χ3v) is 3.50.